The van der Waals surface area contributed by atoms with E-state index < -0.39 is 17.6 Å². The van der Waals surface area contributed by atoms with Crippen LogP contribution in [-0.2, 0) is 6.54 Å². The molecular formula is C23H20F3NOS. The van der Waals surface area contributed by atoms with Gasteiger partial charge in [0.15, 0.2) is 12.0 Å². The molecule has 29 heavy (non-hydrogen) atoms. The number of alkyl halides is 3. The molecule has 0 bridgehead atoms. The molecular weight excluding hydrogens is 395 g/mol. The SMILES string of the molecule is FC(F)(F)SOc1ccc2cc(C3=CCN(Cc4ccccc4)CC3)ccc2c1. The minimum absolute atomic E-state index is 0.195. The normalized spacial score (nSPS) is 15.3. The molecule has 3 aromatic carbocycles. The van der Waals surface area contributed by atoms with Crippen LogP contribution in [0.3, 0.4) is 0 Å². The van der Waals surface area contributed by atoms with Crippen LogP contribution < -0.4 is 4.18 Å². The lowest BCUT2D eigenvalue weighted by Gasteiger charge is -2.26. The second kappa shape index (κ2) is 8.51. The fourth-order valence-corrected chi connectivity index (χ4v) is 3.82. The highest BCUT2D eigenvalue weighted by atomic mass is 32.2. The number of halogens is 3. The monoisotopic (exact) mass is 415 g/mol. The van der Waals surface area contributed by atoms with Crippen molar-refractivity contribution in [3.8, 4) is 5.75 Å². The van der Waals surface area contributed by atoms with Crippen molar-refractivity contribution in [2.45, 2.75) is 18.5 Å². The highest BCUT2D eigenvalue weighted by Crippen LogP contribution is 2.34. The first-order valence-corrected chi connectivity index (χ1v) is 10.1. The molecule has 0 N–H and O–H groups in total. The van der Waals surface area contributed by atoms with E-state index in [-0.39, 0.29) is 5.75 Å². The molecule has 0 amide bonds. The first-order valence-electron chi connectivity index (χ1n) is 9.38. The van der Waals surface area contributed by atoms with E-state index in [1.165, 1.54) is 11.1 Å². The maximum absolute atomic E-state index is 12.3. The number of hydrogen-bond acceptors (Lipinski definition) is 3. The van der Waals surface area contributed by atoms with E-state index in [1.54, 1.807) is 18.2 Å². The molecule has 150 valence electrons. The predicted molar refractivity (Wildman–Crippen MR) is 113 cm³/mol. The summed E-state index contributed by atoms with van der Waals surface area (Å²) in [7, 11) is 0. The Morgan fingerprint density at radius 2 is 1.69 bits per heavy atom. The molecule has 0 unspecified atom stereocenters. The maximum Gasteiger partial charge on any atom is 0.479 e. The zero-order valence-electron chi connectivity index (χ0n) is 15.7. The Bertz CT molecular complexity index is 1020. The van der Waals surface area contributed by atoms with Crippen LogP contribution in [0.25, 0.3) is 16.3 Å². The van der Waals surface area contributed by atoms with Gasteiger partial charge in [0.05, 0.1) is 0 Å². The Morgan fingerprint density at radius 3 is 2.41 bits per heavy atom. The molecule has 6 heteroatoms. The number of rotatable bonds is 5. The number of hydrogen-bond donors (Lipinski definition) is 0. The van der Waals surface area contributed by atoms with Gasteiger partial charge in [-0.1, -0.05) is 54.6 Å². The van der Waals surface area contributed by atoms with Gasteiger partial charge in [-0.15, -0.1) is 0 Å². The van der Waals surface area contributed by atoms with Crippen molar-refractivity contribution in [3.05, 3.63) is 83.9 Å². The molecule has 1 aliphatic rings. The van der Waals surface area contributed by atoms with Gasteiger partial charge in [-0.3, -0.25) is 4.90 Å². The highest BCUT2D eigenvalue weighted by molar-refractivity contribution is 7.95. The summed E-state index contributed by atoms with van der Waals surface area (Å²) in [6, 6.07) is 21.5. The summed E-state index contributed by atoms with van der Waals surface area (Å²) in [5, 5.41) is 1.84. The largest absolute Gasteiger partial charge is 0.479 e. The van der Waals surface area contributed by atoms with Crippen LogP contribution in [-0.4, -0.2) is 23.5 Å². The van der Waals surface area contributed by atoms with Gasteiger partial charge in [-0.05, 0) is 52.1 Å². The minimum Gasteiger partial charge on any atom is -0.417 e. The minimum atomic E-state index is -4.42. The average Bonchev–Trinajstić information content (AvgIpc) is 2.72. The molecule has 0 aliphatic carbocycles. The molecule has 0 atom stereocenters. The van der Waals surface area contributed by atoms with E-state index >= 15 is 0 Å². The zero-order chi connectivity index (χ0) is 20.3. The van der Waals surface area contributed by atoms with Gasteiger partial charge in [0.2, 0.25) is 0 Å². The molecule has 0 fully saturated rings. The lowest BCUT2D eigenvalue weighted by atomic mass is 9.96. The van der Waals surface area contributed by atoms with Crippen LogP contribution in [0.5, 0.6) is 5.75 Å². The third kappa shape index (κ3) is 5.34. The summed E-state index contributed by atoms with van der Waals surface area (Å²) >= 11 is -0.492. The zero-order valence-corrected chi connectivity index (χ0v) is 16.5. The third-order valence-electron chi connectivity index (χ3n) is 4.96. The Labute approximate surface area is 172 Å². The fourth-order valence-electron chi connectivity index (χ4n) is 3.53. The predicted octanol–water partition coefficient (Wildman–Crippen LogP) is 6.68. The maximum atomic E-state index is 12.3. The molecule has 2 nitrogen and oxygen atoms in total. The van der Waals surface area contributed by atoms with E-state index in [1.807, 2.05) is 18.2 Å². The van der Waals surface area contributed by atoms with Gasteiger partial charge in [0.25, 0.3) is 0 Å². The van der Waals surface area contributed by atoms with Crippen LogP contribution in [0.15, 0.2) is 72.8 Å². The third-order valence-corrected chi connectivity index (χ3v) is 5.42. The van der Waals surface area contributed by atoms with E-state index in [0.29, 0.717) is 0 Å². The highest BCUT2D eigenvalue weighted by Gasteiger charge is 2.31. The lowest BCUT2D eigenvalue weighted by molar-refractivity contribution is -0.0369. The molecule has 0 aromatic heterocycles. The summed E-state index contributed by atoms with van der Waals surface area (Å²) in [6.45, 7) is 2.85. The van der Waals surface area contributed by atoms with Crippen LogP contribution in [0.2, 0.25) is 0 Å². The molecule has 1 heterocycles. The Hall–Kier alpha value is -2.44. The first-order chi connectivity index (χ1) is 14.0. The summed E-state index contributed by atoms with van der Waals surface area (Å²) in [6.07, 6.45) is 3.24. The summed E-state index contributed by atoms with van der Waals surface area (Å²) in [4.78, 5) is 2.42. The van der Waals surface area contributed by atoms with Crippen LogP contribution in [0.1, 0.15) is 17.5 Å². The van der Waals surface area contributed by atoms with Gasteiger partial charge in [0, 0.05) is 19.6 Å². The van der Waals surface area contributed by atoms with Crippen molar-refractivity contribution >= 4 is 28.4 Å². The van der Waals surface area contributed by atoms with E-state index in [4.69, 9.17) is 4.18 Å². The Kier molecular flexibility index (Phi) is 5.83. The van der Waals surface area contributed by atoms with Crippen molar-refractivity contribution in [1.29, 1.82) is 0 Å². The molecule has 4 rings (SSSR count). The number of benzene rings is 3. The Balaban J connectivity index is 1.44. The number of fused-ring (bicyclic) bond motifs is 1. The molecule has 0 spiro atoms. The standard InChI is InChI=1S/C23H20F3NOS/c24-23(25,26)29-28-22-9-8-20-14-19(6-7-21(20)15-22)18-10-12-27(13-11-18)16-17-4-2-1-3-5-17/h1-10,14-15H,11-13,16H2. The molecule has 0 saturated heterocycles. The van der Waals surface area contributed by atoms with Crippen LogP contribution in [0.4, 0.5) is 13.2 Å². The topological polar surface area (TPSA) is 12.5 Å². The first kappa shape index (κ1) is 19.9. The van der Waals surface area contributed by atoms with Crippen LogP contribution >= 0.6 is 12.0 Å². The number of nitrogens with zero attached hydrogens (tertiary/aromatic N) is 1. The second-order valence-corrected chi connectivity index (χ2v) is 7.83. The van der Waals surface area contributed by atoms with Crippen molar-refractivity contribution < 1.29 is 17.4 Å². The summed E-state index contributed by atoms with van der Waals surface area (Å²) in [5.74, 6) is 0.195. The Morgan fingerprint density at radius 1 is 0.931 bits per heavy atom. The van der Waals surface area contributed by atoms with Gasteiger partial charge >= 0.3 is 5.51 Å². The van der Waals surface area contributed by atoms with E-state index in [9.17, 15) is 13.2 Å². The lowest BCUT2D eigenvalue weighted by Crippen LogP contribution is -2.27. The summed E-state index contributed by atoms with van der Waals surface area (Å²) < 4.78 is 41.6. The van der Waals surface area contributed by atoms with E-state index in [2.05, 4.69) is 41.3 Å². The molecule has 3 aromatic rings. The van der Waals surface area contributed by atoms with E-state index in [0.717, 1.165) is 42.4 Å². The van der Waals surface area contributed by atoms with Gasteiger partial charge < -0.3 is 4.18 Å². The van der Waals surface area contributed by atoms with Crippen molar-refractivity contribution in [1.82, 2.24) is 4.90 Å². The second-order valence-electron chi connectivity index (χ2n) is 7.04. The summed E-state index contributed by atoms with van der Waals surface area (Å²) in [5.41, 5.74) is -0.628. The van der Waals surface area contributed by atoms with Crippen molar-refractivity contribution in [2.75, 3.05) is 13.1 Å². The average molecular weight is 415 g/mol. The smallest absolute Gasteiger partial charge is 0.417 e. The molecule has 1 aliphatic heterocycles. The van der Waals surface area contributed by atoms with Crippen molar-refractivity contribution in [3.63, 3.8) is 0 Å². The van der Waals surface area contributed by atoms with Crippen molar-refractivity contribution in [2.24, 2.45) is 0 Å². The molecule has 0 radical (unpaired) electrons. The molecule has 0 saturated carbocycles. The van der Waals surface area contributed by atoms with Crippen LogP contribution in [0, 0.1) is 0 Å². The quantitative estimate of drug-likeness (QED) is 0.432. The van der Waals surface area contributed by atoms with Gasteiger partial charge in [-0.25, -0.2) is 0 Å². The fraction of sp³-hybridized carbons (Fsp3) is 0.217. The van der Waals surface area contributed by atoms with Gasteiger partial charge in [-0.2, -0.15) is 13.2 Å². The van der Waals surface area contributed by atoms with Gasteiger partial charge in [0.1, 0.15) is 5.75 Å².